The predicted molar refractivity (Wildman–Crippen MR) is 85.0 cm³/mol. The minimum absolute atomic E-state index is 0.0826. The summed E-state index contributed by atoms with van der Waals surface area (Å²) < 4.78 is 0. The highest BCUT2D eigenvalue weighted by atomic mass is 16.6. The number of allylic oxidation sites excluding steroid dienone is 1. The quantitative estimate of drug-likeness (QED) is 0.551. The number of carbonyl (C=O) groups is 2. The fraction of sp³-hybridized carbons (Fsp3) is 0.267. The molecule has 10 heteroatoms. The van der Waals surface area contributed by atoms with Crippen molar-refractivity contribution in [2.24, 2.45) is 0 Å². The number of urea groups is 2. The molecule has 4 amide bonds. The second kappa shape index (κ2) is 7.41. The van der Waals surface area contributed by atoms with Crippen LogP contribution in [0, 0.1) is 21.4 Å². The summed E-state index contributed by atoms with van der Waals surface area (Å²) in [5.41, 5.74) is 0.364. The molecule has 0 radical (unpaired) electrons. The van der Waals surface area contributed by atoms with Crippen LogP contribution in [0.15, 0.2) is 35.5 Å². The number of benzene rings is 1. The van der Waals surface area contributed by atoms with Gasteiger partial charge in [-0.15, -0.1) is 0 Å². The first kappa shape index (κ1) is 17.9. The summed E-state index contributed by atoms with van der Waals surface area (Å²) in [5.74, 6) is 0. The number of amides is 4. The normalized spacial score (nSPS) is 16.9. The van der Waals surface area contributed by atoms with E-state index in [1.165, 1.54) is 31.2 Å². The van der Waals surface area contributed by atoms with Crippen LogP contribution in [0.25, 0.3) is 0 Å². The van der Waals surface area contributed by atoms with E-state index in [-0.39, 0.29) is 35.7 Å². The van der Waals surface area contributed by atoms with Crippen LogP contribution in [-0.2, 0) is 0 Å². The smallest absolute Gasteiger partial charge is 0.330 e. The molecular weight excluding hydrogens is 330 g/mol. The number of imide groups is 1. The van der Waals surface area contributed by atoms with Crippen molar-refractivity contribution in [3.8, 4) is 6.07 Å². The molecule has 0 aromatic heterocycles. The lowest BCUT2D eigenvalue weighted by Crippen LogP contribution is -2.53. The Balaban J connectivity index is 2.56. The average molecular weight is 345 g/mol. The molecule has 1 atom stereocenters. The SMILES string of the molecule is CC1=C(C#N)C(c2cccc([N+](=O)[O-])c2)N(C(=O)NCCO)C(=O)N1. The van der Waals surface area contributed by atoms with E-state index >= 15 is 0 Å². The number of aliphatic hydroxyl groups is 1. The summed E-state index contributed by atoms with van der Waals surface area (Å²) >= 11 is 0. The van der Waals surface area contributed by atoms with Crippen molar-refractivity contribution in [1.82, 2.24) is 15.5 Å². The molecule has 1 aromatic rings. The number of nitro benzene ring substituents is 1. The van der Waals surface area contributed by atoms with Crippen molar-refractivity contribution >= 4 is 17.7 Å². The van der Waals surface area contributed by atoms with E-state index in [4.69, 9.17) is 5.11 Å². The van der Waals surface area contributed by atoms with Gasteiger partial charge in [-0.2, -0.15) is 5.26 Å². The van der Waals surface area contributed by atoms with Crippen molar-refractivity contribution in [1.29, 1.82) is 5.26 Å². The molecular formula is C15H15N5O5. The molecule has 0 aliphatic carbocycles. The molecule has 1 heterocycles. The zero-order valence-electron chi connectivity index (χ0n) is 13.2. The van der Waals surface area contributed by atoms with Crippen molar-refractivity contribution < 1.29 is 19.6 Å². The molecule has 1 aliphatic rings. The van der Waals surface area contributed by atoms with Gasteiger partial charge in [0.25, 0.3) is 5.69 Å². The standard InChI is InChI=1S/C15H15N5O5/c1-9-12(8-16)13(10-3-2-4-11(7-10)20(24)25)19(15(23)18-9)14(22)17-5-6-21/h2-4,7,13,21H,5-6H2,1H3,(H,17,22)(H,18,23). The Labute approximate surface area is 142 Å². The van der Waals surface area contributed by atoms with E-state index in [0.717, 1.165) is 4.90 Å². The van der Waals surface area contributed by atoms with E-state index in [0.29, 0.717) is 0 Å². The first-order chi connectivity index (χ1) is 11.9. The number of nitriles is 1. The van der Waals surface area contributed by atoms with Crippen LogP contribution in [0.4, 0.5) is 15.3 Å². The Morgan fingerprint density at radius 3 is 2.88 bits per heavy atom. The Hall–Kier alpha value is -3.45. The zero-order chi connectivity index (χ0) is 18.6. The number of hydrogen-bond donors (Lipinski definition) is 3. The molecule has 0 saturated carbocycles. The van der Waals surface area contributed by atoms with Gasteiger partial charge in [-0.3, -0.25) is 10.1 Å². The minimum atomic E-state index is -1.11. The lowest BCUT2D eigenvalue weighted by Gasteiger charge is -2.34. The van der Waals surface area contributed by atoms with Crippen LogP contribution in [0.2, 0.25) is 0 Å². The largest absolute Gasteiger partial charge is 0.395 e. The number of nitro groups is 1. The summed E-state index contributed by atoms with van der Waals surface area (Å²) in [5, 5.41) is 34.0. The van der Waals surface area contributed by atoms with Gasteiger partial charge in [0, 0.05) is 24.4 Å². The van der Waals surface area contributed by atoms with Crippen LogP contribution in [0.5, 0.6) is 0 Å². The van der Waals surface area contributed by atoms with E-state index < -0.39 is 23.0 Å². The first-order valence-electron chi connectivity index (χ1n) is 7.24. The van der Waals surface area contributed by atoms with Gasteiger partial charge < -0.3 is 15.7 Å². The first-order valence-corrected chi connectivity index (χ1v) is 7.24. The van der Waals surface area contributed by atoms with Crippen molar-refractivity contribution in [2.45, 2.75) is 13.0 Å². The van der Waals surface area contributed by atoms with Crippen LogP contribution in [-0.4, -0.2) is 40.1 Å². The molecule has 0 fully saturated rings. The van der Waals surface area contributed by atoms with Gasteiger partial charge in [-0.05, 0) is 12.5 Å². The Bertz CT molecular complexity index is 798. The summed E-state index contributed by atoms with van der Waals surface area (Å²) in [7, 11) is 0. The van der Waals surface area contributed by atoms with Gasteiger partial charge in [-0.1, -0.05) is 12.1 Å². The fourth-order valence-corrected chi connectivity index (χ4v) is 2.47. The van der Waals surface area contributed by atoms with Gasteiger partial charge in [0.1, 0.15) is 6.04 Å². The number of aliphatic hydroxyl groups excluding tert-OH is 1. The molecule has 1 aliphatic heterocycles. The fourth-order valence-electron chi connectivity index (χ4n) is 2.47. The van der Waals surface area contributed by atoms with Crippen LogP contribution >= 0.6 is 0 Å². The maximum absolute atomic E-state index is 12.3. The van der Waals surface area contributed by atoms with Crippen LogP contribution in [0.3, 0.4) is 0 Å². The maximum Gasteiger partial charge on any atom is 0.330 e. The number of nitrogens with one attached hydrogen (secondary N) is 2. The second-order valence-corrected chi connectivity index (χ2v) is 5.16. The lowest BCUT2D eigenvalue weighted by molar-refractivity contribution is -0.384. The highest BCUT2D eigenvalue weighted by molar-refractivity contribution is 5.96. The van der Waals surface area contributed by atoms with Crippen molar-refractivity contribution in [2.75, 3.05) is 13.2 Å². The third kappa shape index (κ3) is 3.56. The highest BCUT2D eigenvalue weighted by Crippen LogP contribution is 2.34. The third-order valence-corrected chi connectivity index (χ3v) is 3.57. The molecule has 3 N–H and O–H groups in total. The van der Waals surface area contributed by atoms with Crippen LogP contribution in [0.1, 0.15) is 18.5 Å². The third-order valence-electron chi connectivity index (χ3n) is 3.57. The maximum atomic E-state index is 12.3. The summed E-state index contributed by atoms with van der Waals surface area (Å²) in [6.07, 6.45) is 0. The monoisotopic (exact) mass is 345 g/mol. The molecule has 1 aromatic carbocycles. The lowest BCUT2D eigenvalue weighted by atomic mass is 9.94. The molecule has 130 valence electrons. The average Bonchev–Trinajstić information content (AvgIpc) is 2.59. The van der Waals surface area contributed by atoms with Crippen molar-refractivity contribution in [3.05, 3.63) is 51.2 Å². The minimum Gasteiger partial charge on any atom is -0.395 e. The summed E-state index contributed by atoms with van der Waals surface area (Å²) in [6.45, 7) is 1.08. The zero-order valence-corrected chi connectivity index (χ0v) is 13.2. The van der Waals surface area contributed by atoms with E-state index in [1.807, 2.05) is 6.07 Å². The number of hydrogen-bond acceptors (Lipinski definition) is 6. The summed E-state index contributed by atoms with van der Waals surface area (Å²) in [6, 6.07) is 4.60. The highest BCUT2D eigenvalue weighted by Gasteiger charge is 2.39. The Morgan fingerprint density at radius 1 is 1.56 bits per heavy atom. The molecule has 10 nitrogen and oxygen atoms in total. The van der Waals surface area contributed by atoms with E-state index in [9.17, 15) is 25.0 Å². The van der Waals surface area contributed by atoms with Crippen LogP contribution < -0.4 is 10.6 Å². The topological polar surface area (TPSA) is 149 Å². The number of nitrogens with zero attached hydrogens (tertiary/aromatic N) is 3. The van der Waals surface area contributed by atoms with Gasteiger partial charge >= 0.3 is 12.1 Å². The molecule has 1 unspecified atom stereocenters. The van der Waals surface area contributed by atoms with E-state index in [2.05, 4.69) is 10.6 Å². The molecule has 0 saturated heterocycles. The predicted octanol–water partition coefficient (Wildman–Crippen LogP) is 1.16. The Morgan fingerprint density at radius 2 is 2.28 bits per heavy atom. The molecule has 0 bridgehead atoms. The van der Waals surface area contributed by atoms with Gasteiger partial charge in [0.2, 0.25) is 0 Å². The molecule has 0 spiro atoms. The van der Waals surface area contributed by atoms with Gasteiger partial charge in [0.15, 0.2) is 0 Å². The molecule has 2 rings (SSSR count). The van der Waals surface area contributed by atoms with Gasteiger partial charge in [0.05, 0.1) is 23.2 Å². The van der Waals surface area contributed by atoms with Crippen molar-refractivity contribution in [3.63, 3.8) is 0 Å². The number of rotatable bonds is 4. The Kier molecular flexibility index (Phi) is 5.31. The number of non-ortho nitro benzene ring substituents is 1. The summed E-state index contributed by atoms with van der Waals surface area (Å²) in [4.78, 5) is 35.8. The van der Waals surface area contributed by atoms with Gasteiger partial charge in [-0.25, -0.2) is 14.5 Å². The number of carbonyl (C=O) groups excluding carboxylic acids is 2. The van der Waals surface area contributed by atoms with E-state index in [1.54, 1.807) is 0 Å². The molecule has 25 heavy (non-hydrogen) atoms. The second-order valence-electron chi connectivity index (χ2n) is 5.16.